The van der Waals surface area contributed by atoms with Crippen LogP contribution in [0.3, 0.4) is 0 Å². The molecule has 7 nitrogen and oxygen atoms in total. The number of hydrogen-bond acceptors (Lipinski definition) is 6. The van der Waals surface area contributed by atoms with Crippen LogP contribution in [0.4, 0.5) is 5.69 Å². The molecule has 0 unspecified atom stereocenters. The second-order valence-corrected chi connectivity index (χ2v) is 3.96. The lowest BCUT2D eigenvalue weighted by Gasteiger charge is -2.03. The molecular formula is C13H9N7. The van der Waals surface area contributed by atoms with Gasteiger partial charge in [0.15, 0.2) is 0 Å². The molecule has 2 N–H and O–H groups in total. The minimum atomic E-state index is 0.252. The number of benzene rings is 1. The van der Waals surface area contributed by atoms with Gasteiger partial charge in [0.1, 0.15) is 11.6 Å². The molecule has 20 heavy (non-hydrogen) atoms. The molecule has 0 bridgehead atoms. The van der Waals surface area contributed by atoms with Gasteiger partial charge in [0, 0.05) is 23.5 Å². The molecule has 0 aliphatic rings. The second-order valence-electron chi connectivity index (χ2n) is 3.96. The Kier molecular flexibility index (Phi) is 3.04. The van der Waals surface area contributed by atoms with Crippen LogP contribution in [0, 0.1) is 11.3 Å². The van der Waals surface area contributed by atoms with E-state index in [9.17, 15) is 0 Å². The molecule has 2 heterocycles. The zero-order chi connectivity index (χ0) is 13.8. The van der Waals surface area contributed by atoms with E-state index in [-0.39, 0.29) is 5.82 Å². The molecule has 0 spiro atoms. The van der Waals surface area contributed by atoms with Crippen molar-refractivity contribution < 1.29 is 0 Å². The van der Waals surface area contributed by atoms with Crippen molar-refractivity contribution in [2.45, 2.75) is 0 Å². The quantitative estimate of drug-likeness (QED) is 0.697. The SMILES string of the molecule is N#CC(=CNc1ccc2ncccc2c1)c1nn[nH]n1. The standard InChI is InChI=1S/C13H9N7/c14-7-10(13-17-19-20-18-13)8-16-11-3-4-12-9(6-11)2-1-5-15-12/h1-6,8,16H,(H,17,18,19,20). The molecule has 0 radical (unpaired) electrons. The van der Waals surface area contributed by atoms with Crippen LogP contribution in [-0.2, 0) is 0 Å². The summed E-state index contributed by atoms with van der Waals surface area (Å²) in [5.41, 5.74) is 2.06. The summed E-state index contributed by atoms with van der Waals surface area (Å²) in [4.78, 5) is 4.25. The van der Waals surface area contributed by atoms with Gasteiger partial charge >= 0.3 is 0 Å². The molecule has 0 saturated heterocycles. The molecule has 0 fully saturated rings. The summed E-state index contributed by atoms with van der Waals surface area (Å²) in [6.07, 6.45) is 3.29. The van der Waals surface area contributed by atoms with E-state index in [0.29, 0.717) is 5.57 Å². The van der Waals surface area contributed by atoms with Crippen molar-refractivity contribution in [3.8, 4) is 6.07 Å². The lowest BCUT2D eigenvalue weighted by atomic mass is 10.2. The zero-order valence-corrected chi connectivity index (χ0v) is 10.3. The highest BCUT2D eigenvalue weighted by molar-refractivity contribution is 5.83. The van der Waals surface area contributed by atoms with Crippen LogP contribution in [0.5, 0.6) is 0 Å². The zero-order valence-electron chi connectivity index (χ0n) is 10.3. The normalized spacial score (nSPS) is 11.2. The predicted molar refractivity (Wildman–Crippen MR) is 73.1 cm³/mol. The van der Waals surface area contributed by atoms with Gasteiger partial charge in [-0.15, -0.1) is 10.2 Å². The lowest BCUT2D eigenvalue weighted by molar-refractivity contribution is 0.881. The lowest BCUT2D eigenvalue weighted by Crippen LogP contribution is -1.93. The second kappa shape index (κ2) is 5.16. The Hall–Kier alpha value is -3.27. The molecular weight excluding hydrogens is 254 g/mol. The fourth-order valence-corrected chi connectivity index (χ4v) is 1.74. The van der Waals surface area contributed by atoms with E-state index in [4.69, 9.17) is 5.26 Å². The number of hydrogen-bond donors (Lipinski definition) is 2. The molecule has 0 saturated carbocycles. The molecule has 3 rings (SSSR count). The first-order valence-electron chi connectivity index (χ1n) is 5.82. The molecule has 96 valence electrons. The number of nitrogens with one attached hydrogen (secondary N) is 2. The van der Waals surface area contributed by atoms with Gasteiger partial charge in [-0.25, -0.2) is 0 Å². The molecule has 7 heteroatoms. The number of anilines is 1. The molecule has 0 aliphatic heterocycles. The first-order chi connectivity index (χ1) is 9.86. The van der Waals surface area contributed by atoms with Crippen LogP contribution in [0.15, 0.2) is 42.7 Å². The van der Waals surface area contributed by atoms with Crippen LogP contribution in [0.2, 0.25) is 0 Å². The van der Waals surface area contributed by atoms with Crippen molar-refractivity contribution in [3.63, 3.8) is 0 Å². The fraction of sp³-hybridized carbons (Fsp3) is 0. The van der Waals surface area contributed by atoms with E-state index in [0.717, 1.165) is 16.6 Å². The third-order valence-corrected chi connectivity index (χ3v) is 2.69. The number of rotatable bonds is 3. The van der Waals surface area contributed by atoms with Crippen LogP contribution in [0.25, 0.3) is 16.5 Å². The number of pyridine rings is 1. The third-order valence-electron chi connectivity index (χ3n) is 2.69. The number of allylic oxidation sites excluding steroid dienone is 1. The van der Waals surface area contributed by atoms with Gasteiger partial charge in [-0.2, -0.15) is 10.5 Å². The topological polar surface area (TPSA) is 103 Å². The number of tetrazole rings is 1. The van der Waals surface area contributed by atoms with Gasteiger partial charge in [0.25, 0.3) is 0 Å². The van der Waals surface area contributed by atoms with Gasteiger partial charge in [0.2, 0.25) is 5.82 Å². The number of nitriles is 1. The summed E-state index contributed by atoms with van der Waals surface area (Å²) in [6.45, 7) is 0. The van der Waals surface area contributed by atoms with Crippen molar-refractivity contribution in [2.24, 2.45) is 0 Å². The number of aromatic nitrogens is 5. The first kappa shape index (κ1) is 11.8. The number of H-pyrrole nitrogens is 1. The number of aromatic amines is 1. The summed E-state index contributed by atoms with van der Waals surface area (Å²) >= 11 is 0. The van der Waals surface area contributed by atoms with E-state index in [1.165, 1.54) is 0 Å². The Balaban J connectivity index is 1.88. The number of fused-ring (bicyclic) bond motifs is 1. The van der Waals surface area contributed by atoms with Crippen molar-refractivity contribution in [2.75, 3.05) is 5.32 Å². The highest BCUT2D eigenvalue weighted by Gasteiger charge is 2.05. The van der Waals surface area contributed by atoms with E-state index in [1.54, 1.807) is 12.4 Å². The summed E-state index contributed by atoms with van der Waals surface area (Å²) in [6, 6.07) is 11.6. The maximum absolute atomic E-state index is 9.06. The Bertz CT molecular complexity index is 799. The summed E-state index contributed by atoms with van der Waals surface area (Å²) in [5, 5.41) is 26.4. The highest BCUT2D eigenvalue weighted by Crippen LogP contribution is 2.17. The summed E-state index contributed by atoms with van der Waals surface area (Å²) in [5.74, 6) is 0.252. The van der Waals surface area contributed by atoms with Gasteiger partial charge in [-0.3, -0.25) is 4.98 Å². The third kappa shape index (κ3) is 2.30. The molecule has 0 aliphatic carbocycles. The summed E-state index contributed by atoms with van der Waals surface area (Å²) < 4.78 is 0. The maximum atomic E-state index is 9.06. The smallest absolute Gasteiger partial charge is 0.216 e. The van der Waals surface area contributed by atoms with Gasteiger partial charge < -0.3 is 5.32 Å². The molecule has 0 amide bonds. The van der Waals surface area contributed by atoms with Gasteiger partial charge in [-0.1, -0.05) is 6.07 Å². The molecule has 2 aromatic heterocycles. The van der Waals surface area contributed by atoms with Crippen LogP contribution >= 0.6 is 0 Å². The van der Waals surface area contributed by atoms with Gasteiger partial charge in [-0.05, 0) is 29.5 Å². The van der Waals surface area contributed by atoms with E-state index in [2.05, 4.69) is 30.9 Å². The average Bonchev–Trinajstić information content (AvgIpc) is 3.02. The van der Waals surface area contributed by atoms with Crippen molar-refractivity contribution in [3.05, 3.63) is 48.6 Å². The Morgan fingerprint density at radius 3 is 3.10 bits per heavy atom. The predicted octanol–water partition coefficient (Wildman–Crippen LogP) is 1.72. The maximum Gasteiger partial charge on any atom is 0.216 e. The minimum Gasteiger partial charge on any atom is -0.360 e. The van der Waals surface area contributed by atoms with Crippen LogP contribution in [0.1, 0.15) is 5.82 Å². The van der Waals surface area contributed by atoms with Crippen molar-refractivity contribution in [1.29, 1.82) is 5.26 Å². The fourth-order valence-electron chi connectivity index (χ4n) is 1.74. The average molecular weight is 263 g/mol. The first-order valence-corrected chi connectivity index (χ1v) is 5.82. The summed E-state index contributed by atoms with van der Waals surface area (Å²) in [7, 11) is 0. The number of nitrogens with zero attached hydrogens (tertiary/aromatic N) is 5. The Labute approximate surface area is 114 Å². The minimum absolute atomic E-state index is 0.252. The largest absolute Gasteiger partial charge is 0.360 e. The van der Waals surface area contributed by atoms with Gasteiger partial charge in [0.05, 0.1) is 5.52 Å². The van der Waals surface area contributed by atoms with Crippen LogP contribution < -0.4 is 5.32 Å². The Morgan fingerprint density at radius 1 is 1.35 bits per heavy atom. The molecule has 1 aromatic carbocycles. The molecule has 3 aromatic rings. The molecule has 0 atom stereocenters. The van der Waals surface area contributed by atoms with E-state index < -0.39 is 0 Å². The van der Waals surface area contributed by atoms with E-state index in [1.807, 2.05) is 36.4 Å². The van der Waals surface area contributed by atoms with E-state index >= 15 is 0 Å². The van der Waals surface area contributed by atoms with Crippen molar-refractivity contribution in [1.82, 2.24) is 25.6 Å². The Morgan fingerprint density at radius 2 is 2.30 bits per heavy atom. The van der Waals surface area contributed by atoms with Crippen molar-refractivity contribution >= 4 is 22.2 Å². The monoisotopic (exact) mass is 263 g/mol. The highest BCUT2D eigenvalue weighted by atomic mass is 15.5. The van der Waals surface area contributed by atoms with Crippen LogP contribution in [-0.4, -0.2) is 25.6 Å².